The minimum absolute atomic E-state index is 0.0208. The number of likely N-dealkylation sites (tertiary alicyclic amines) is 1. The van der Waals surface area contributed by atoms with Crippen LogP contribution in [0.25, 0.3) is 0 Å². The maximum atomic E-state index is 12.0. The zero-order chi connectivity index (χ0) is 15.4. The Kier molecular flexibility index (Phi) is 4.77. The standard InChI is InChI=1S/C13H20N4O4/c1-9-14-11(15-21-9)8-20-12(18)10-4-6-17(7-5-10)13(19)16(2)3/h10H,4-8H2,1-3H3. The summed E-state index contributed by atoms with van der Waals surface area (Å²) in [4.78, 5) is 31.0. The van der Waals surface area contributed by atoms with Gasteiger partial charge < -0.3 is 19.1 Å². The number of aryl methyl sites for hydroxylation is 1. The lowest BCUT2D eigenvalue weighted by atomic mass is 9.97. The topological polar surface area (TPSA) is 88.8 Å². The van der Waals surface area contributed by atoms with Crippen LogP contribution in [0, 0.1) is 12.8 Å². The van der Waals surface area contributed by atoms with E-state index >= 15 is 0 Å². The van der Waals surface area contributed by atoms with Gasteiger partial charge in [-0.25, -0.2) is 4.79 Å². The largest absolute Gasteiger partial charge is 0.457 e. The first-order valence-electron chi connectivity index (χ1n) is 6.89. The Morgan fingerprint density at radius 2 is 2.05 bits per heavy atom. The number of hydrogen-bond donors (Lipinski definition) is 0. The second kappa shape index (κ2) is 6.55. The molecule has 8 nitrogen and oxygen atoms in total. The fourth-order valence-corrected chi connectivity index (χ4v) is 2.24. The summed E-state index contributed by atoms with van der Waals surface area (Å²) in [7, 11) is 3.44. The van der Waals surface area contributed by atoms with E-state index in [4.69, 9.17) is 9.26 Å². The zero-order valence-electron chi connectivity index (χ0n) is 12.5. The first kappa shape index (κ1) is 15.3. The smallest absolute Gasteiger partial charge is 0.319 e. The molecule has 1 aromatic rings. The number of amides is 2. The van der Waals surface area contributed by atoms with E-state index in [1.54, 1.807) is 25.9 Å². The van der Waals surface area contributed by atoms with Crippen LogP contribution < -0.4 is 0 Å². The molecule has 0 unspecified atom stereocenters. The van der Waals surface area contributed by atoms with Gasteiger partial charge in [0.2, 0.25) is 11.7 Å². The molecule has 0 radical (unpaired) electrons. The van der Waals surface area contributed by atoms with Crippen molar-refractivity contribution in [2.24, 2.45) is 5.92 Å². The highest BCUT2D eigenvalue weighted by Crippen LogP contribution is 2.19. The molecule has 0 N–H and O–H groups in total. The second-order valence-corrected chi connectivity index (χ2v) is 5.28. The summed E-state index contributed by atoms with van der Waals surface area (Å²) in [5, 5.41) is 3.67. The van der Waals surface area contributed by atoms with Crippen LogP contribution in [-0.2, 0) is 16.1 Å². The molecule has 0 atom stereocenters. The van der Waals surface area contributed by atoms with Gasteiger partial charge in [-0.3, -0.25) is 4.79 Å². The van der Waals surface area contributed by atoms with Crippen LogP contribution in [0.3, 0.4) is 0 Å². The normalized spacial score (nSPS) is 15.9. The minimum Gasteiger partial charge on any atom is -0.457 e. The molecule has 1 fully saturated rings. The molecule has 2 rings (SSSR count). The van der Waals surface area contributed by atoms with Crippen LogP contribution in [0.4, 0.5) is 4.79 Å². The number of aromatic nitrogens is 2. The van der Waals surface area contributed by atoms with E-state index < -0.39 is 0 Å². The van der Waals surface area contributed by atoms with E-state index in [9.17, 15) is 9.59 Å². The van der Waals surface area contributed by atoms with Gasteiger partial charge in [0.1, 0.15) is 0 Å². The number of rotatable bonds is 3. The van der Waals surface area contributed by atoms with Crippen LogP contribution in [0.15, 0.2) is 4.52 Å². The quantitative estimate of drug-likeness (QED) is 0.767. The van der Waals surface area contributed by atoms with Crippen molar-refractivity contribution in [1.29, 1.82) is 0 Å². The molecule has 2 heterocycles. The van der Waals surface area contributed by atoms with Gasteiger partial charge in [0.25, 0.3) is 0 Å². The number of carbonyl (C=O) groups excluding carboxylic acids is 2. The number of piperidine rings is 1. The van der Waals surface area contributed by atoms with Crippen molar-refractivity contribution in [3.8, 4) is 0 Å². The number of carbonyl (C=O) groups is 2. The average Bonchev–Trinajstić information content (AvgIpc) is 2.89. The Morgan fingerprint density at radius 3 is 2.57 bits per heavy atom. The summed E-state index contributed by atoms with van der Waals surface area (Å²) in [6, 6.07) is -0.0240. The van der Waals surface area contributed by atoms with Gasteiger partial charge in [0.15, 0.2) is 6.61 Å². The molecule has 2 amide bonds. The summed E-state index contributed by atoms with van der Waals surface area (Å²) in [5.74, 6) is 0.358. The number of nitrogens with zero attached hydrogens (tertiary/aromatic N) is 4. The minimum atomic E-state index is -0.269. The van der Waals surface area contributed by atoms with Crippen molar-refractivity contribution in [1.82, 2.24) is 19.9 Å². The summed E-state index contributed by atoms with van der Waals surface area (Å²) in [6.45, 7) is 2.83. The van der Waals surface area contributed by atoms with Crippen LogP contribution in [0.5, 0.6) is 0 Å². The lowest BCUT2D eigenvalue weighted by molar-refractivity contribution is -0.151. The Labute approximate surface area is 123 Å². The molecule has 116 valence electrons. The molecular weight excluding hydrogens is 276 g/mol. The third-order valence-corrected chi connectivity index (χ3v) is 3.39. The van der Waals surface area contributed by atoms with Gasteiger partial charge in [-0.2, -0.15) is 4.98 Å². The first-order valence-corrected chi connectivity index (χ1v) is 6.89. The lowest BCUT2D eigenvalue weighted by Gasteiger charge is -2.32. The molecule has 0 aromatic carbocycles. The molecular formula is C13H20N4O4. The first-order chi connectivity index (χ1) is 9.97. The van der Waals surface area contributed by atoms with Crippen molar-refractivity contribution >= 4 is 12.0 Å². The highest BCUT2D eigenvalue weighted by atomic mass is 16.5. The number of esters is 1. The van der Waals surface area contributed by atoms with E-state index in [1.807, 2.05) is 0 Å². The predicted molar refractivity (Wildman–Crippen MR) is 72.2 cm³/mol. The Hall–Kier alpha value is -2.12. The molecule has 1 aliphatic rings. The fourth-order valence-electron chi connectivity index (χ4n) is 2.24. The maximum Gasteiger partial charge on any atom is 0.319 e. The van der Waals surface area contributed by atoms with E-state index in [0.29, 0.717) is 37.6 Å². The highest BCUT2D eigenvalue weighted by Gasteiger charge is 2.29. The van der Waals surface area contributed by atoms with Crippen molar-refractivity contribution in [3.05, 3.63) is 11.7 Å². The molecule has 21 heavy (non-hydrogen) atoms. The van der Waals surface area contributed by atoms with Crippen LogP contribution in [0.2, 0.25) is 0 Å². The fraction of sp³-hybridized carbons (Fsp3) is 0.692. The number of hydrogen-bond acceptors (Lipinski definition) is 6. The molecule has 8 heteroatoms. The molecule has 1 aromatic heterocycles. The van der Waals surface area contributed by atoms with Crippen LogP contribution in [-0.4, -0.2) is 59.1 Å². The molecule has 1 aliphatic heterocycles. The second-order valence-electron chi connectivity index (χ2n) is 5.28. The van der Waals surface area contributed by atoms with Gasteiger partial charge in [-0.15, -0.1) is 0 Å². The van der Waals surface area contributed by atoms with Gasteiger partial charge in [0.05, 0.1) is 5.92 Å². The summed E-state index contributed by atoms with van der Waals surface area (Å²) in [6.07, 6.45) is 1.23. The Bertz CT molecular complexity index is 506. The highest BCUT2D eigenvalue weighted by molar-refractivity contribution is 5.75. The molecule has 0 bridgehead atoms. The summed E-state index contributed by atoms with van der Waals surface area (Å²) >= 11 is 0. The van der Waals surface area contributed by atoms with E-state index in [2.05, 4.69) is 10.1 Å². The van der Waals surface area contributed by atoms with Crippen molar-refractivity contribution in [2.45, 2.75) is 26.4 Å². The van der Waals surface area contributed by atoms with Crippen LogP contribution >= 0.6 is 0 Å². The lowest BCUT2D eigenvalue weighted by Crippen LogP contribution is -2.45. The summed E-state index contributed by atoms with van der Waals surface area (Å²) in [5.41, 5.74) is 0. The maximum absolute atomic E-state index is 12.0. The van der Waals surface area contributed by atoms with Crippen molar-refractivity contribution < 1.29 is 18.8 Å². The Balaban J connectivity index is 1.76. The molecule has 0 spiro atoms. The van der Waals surface area contributed by atoms with E-state index in [-0.39, 0.29) is 24.5 Å². The molecule has 0 aliphatic carbocycles. The van der Waals surface area contributed by atoms with Gasteiger partial charge in [-0.1, -0.05) is 5.16 Å². The third kappa shape index (κ3) is 3.93. The molecule has 0 saturated carbocycles. The van der Waals surface area contributed by atoms with Crippen LogP contribution in [0.1, 0.15) is 24.6 Å². The average molecular weight is 296 g/mol. The SMILES string of the molecule is Cc1nc(COC(=O)C2CCN(C(=O)N(C)C)CC2)no1. The molecule has 1 saturated heterocycles. The van der Waals surface area contributed by atoms with Crippen molar-refractivity contribution in [3.63, 3.8) is 0 Å². The zero-order valence-corrected chi connectivity index (χ0v) is 12.5. The number of ether oxygens (including phenoxy) is 1. The predicted octanol–water partition coefficient (Wildman–Crippen LogP) is 0.815. The third-order valence-electron chi connectivity index (χ3n) is 3.39. The summed E-state index contributed by atoms with van der Waals surface area (Å²) < 4.78 is 9.99. The van der Waals surface area contributed by atoms with Gasteiger partial charge >= 0.3 is 12.0 Å². The van der Waals surface area contributed by atoms with Gasteiger partial charge in [-0.05, 0) is 12.8 Å². The number of urea groups is 1. The van der Waals surface area contributed by atoms with Gasteiger partial charge in [0, 0.05) is 34.1 Å². The van der Waals surface area contributed by atoms with E-state index in [1.165, 1.54) is 4.90 Å². The van der Waals surface area contributed by atoms with E-state index in [0.717, 1.165) is 0 Å². The Morgan fingerprint density at radius 1 is 1.38 bits per heavy atom. The van der Waals surface area contributed by atoms with Crippen molar-refractivity contribution in [2.75, 3.05) is 27.2 Å². The monoisotopic (exact) mass is 296 g/mol.